The summed E-state index contributed by atoms with van der Waals surface area (Å²) in [5.41, 5.74) is -1.13. The van der Waals surface area contributed by atoms with Gasteiger partial charge in [-0.3, -0.25) is 4.79 Å². The summed E-state index contributed by atoms with van der Waals surface area (Å²) < 4.78 is 10.9. The van der Waals surface area contributed by atoms with Crippen molar-refractivity contribution >= 4 is 17.5 Å². The molecule has 22 heavy (non-hydrogen) atoms. The Kier molecular flexibility index (Phi) is 5.11. The summed E-state index contributed by atoms with van der Waals surface area (Å²) in [4.78, 5) is 12.4. The summed E-state index contributed by atoms with van der Waals surface area (Å²) >= 11 is 5.90. The van der Waals surface area contributed by atoms with Gasteiger partial charge in [0.25, 0.3) is 5.91 Å². The summed E-state index contributed by atoms with van der Waals surface area (Å²) in [6.07, 6.45) is 1.48. The van der Waals surface area contributed by atoms with E-state index in [2.05, 4.69) is 5.32 Å². The monoisotopic (exact) mass is 323 g/mol. The SMILES string of the molecule is CC(C)(Oc1cccc(Cl)c1)C(=O)NC(CO)c1ccco1. The largest absolute Gasteiger partial charge is 0.478 e. The molecule has 1 heterocycles. The Morgan fingerprint density at radius 2 is 2.18 bits per heavy atom. The lowest BCUT2D eigenvalue weighted by atomic mass is 10.1. The van der Waals surface area contributed by atoms with Crippen LogP contribution < -0.4 is 10.1 Å². The molecule has 1 unspecified atom stereocenters. The Labute approximate surface area is 133 Å². The van der Waals surface area contributed by atoms with Crippen LogP contribution in [0.4, 0.5) is 0 Å². The lowest BCUT2D eigenvalue weighted by Crippen LogP contribution is -2.48. The summed E-state index contributed by atoms with van der Waals surface area (Å²) in [5, 5.41) is 12.6. The number of hydrogen-bond donors (Lipinski definition) is 2. The Hall–Kier alpha value is -1.98. The number of furan rings is 1. The number of carbonyl (C=O) groups is 1. The molecule has 5 nitrogen and oxygen atoms in total. The van der Waals surface area contributed by atoms with Crippen molar-refractivity contribution in [1.29, 1.82) is 0 Å². The molecule has 2 rings (SSSR count). The summed E-state index contributed by atoms with van der Waals surface area (Å²) in [7, 11) is 0. The van der Waals surface area contributed by atoms with Gasteiger partial charge in [-0.1, -0.05) is 17.7 Å². The van der Waals surface area contributed by atoms with Crippen LogP contribution in [-0.4, -0.2) is 23.2 Å². The van der Waals surface area contributed by atoms with Crippen LogP contribution in [0.3, 0.4) is 0 Å². The molecule has 0 spiro atoms. The van der Waals surface area contributed by atoms with Crippen LogP contribution >= 0.6 is 11.6 Å². The molecule has 1 atom stereocenters. The van der Waals surface area contributed by atoms with Gasteiger partial charge in [0.15, 0.2) is 5.60 Å². The molecule has 1 amide bonds. The topological polar surface area (TPSA) is 71.7 Å². The number of aliphatic hydroxyl groups is 1. The van der Waals surface area contributed by atoms with E-state index in [1.165, 1.54) is 6.26 Å². The molecule has 2 aromatic rings. The zero-order valence-corrected chi connectivity index (χ0v) is 13.1. The van der Waals surface area contributed by atoms with Crippen LogP contribution in [0.2, 0.25) is 5.02 Å². The van der Waals surface area contributed by atoms with Gasteiger partial charge >= 0.3 is 0 Å². The van der Waals surface area contributed by atoms with Crippen molar-refractivity contribution in [3.63, 3.8) is 0 Å². The van der Waals surface area contributed by atoms with Crippen molar-refractivity contribution < 1.29 is 19.1 Å². The number of nitrogens with one attached hydrogen (secondary N) is 1. The standard InChI is InChI=1S/C16H18ClNO4/c1-16(2,22-12-6-3-5-11(17)9-12)15(20)18-13(10-19)14-7-4-8-21-14/h3-9,13,19H,10H2,1-2H3,(H,18,20). The third-order valence-corrected chi connectivity index (χ3v) is 3.33. The minimum absolute atomic E-state index is 0.271. The van der Waals surface area contributed by atoms with E-state index >= 15 is 0 Å². The van der Waals surface area contributed by atoms with Crippen LogP contribution in [0.1, 0.15) is 25.6 Å². The van der Waals surface area contributed by atoms with Crippen molar-refractivity contribution in [2.24, 2.45) is 0 Å². The molecule has 0 radical (unpaired) electrons. The van der Waals surface area contributed by atoms with Crippen LogP contribution in [0.15, 0.2) is 47.1 Å². The molecule has 0 fully saturated rings. The van der Waals surface area contributed by atoms with Crippen LogP contribution in [-0.2, 0) is 4.79 Å². The summed E-state index contributed by atoms with van der Waals surface area (Å²) in [5.74, 6) is 0.600. The van der Waals surface area contributed by atoms with Gasteiger partial charge in [-0.15, -0.1) is 0 Å². The van der Waals surface area contributed by atoms with Gasteiger partial charge in [0.2, 0.25) is 0 Å². The van der Waals surface area contributed by atoms with E-state index in [9.17, 15) is 9.90 Å². The van der Waals surface area contributed by atoms with Crippen molar-refractivity contribution in [2.45, 2.75) is 25.5 Å². The Morgan fingerprint density at radius 3 is 2.77 bits per heavy atom. The van der Waals surface area contributed by atoms with Gasteiger partial charge in [0, 0.05) is 5.02 Å². The predicted molar refractivity (Wildman–Crippen MR) is 82.8 cm³/mol. The average Bonchev–Trinajstić information content (AvgIpc) is 2.97. The van der Waals surface area contributed by atoms with Crippen molar-refractivity contribution in [2.75, 3.05) is 6.61 Å². The Morgan fingerprint density at radius 1 is 1.41 bits per heavy atom. The number of benzene rings is 1. The highest BCUT2D eigenvalue weighted by molar-refractivity contribution is 6.30. The third-order valence-electron chi connectivity index (χ3n) is 3.09. The molecule has 1 aromatic carbocycles. The van der Waals surface area contributed by atoms with Gasteiger partial charge in [0.1, 0.15) is 17.6 Å². The van der Waals surface area contributed by atoms with Crippen molar-refractivity contribution in [1.82, 2.24) is 5.32 Å². The van der Waals surface area contributed by atoms with E-state index in [4.69, 9.17) is 20.8 Å². The fourth-order valence-electron chi connectivity index (χ4n) is 1.90. The van der Waals surface area contributed by atoms with E-state index in [0.717, 1.165) is 0 Å². The number of aliphatic hydroxyl groups excluding tert-OH is 1. The lowest BCUT2D eigenvalue weighted by molar-refractivity contribution is -0.135. The van der Waals surface area contributed by atoms with E-state index in [0.29, 0.717) is 16.5 Å². The maximum absolute atomic E-state index is 12.4. The molecule has 2 N–H and O–H groups in total. The van der Waals surface area contributed by atoms with Crippen LogP contribution in [0, 0.1) is 0 Å². The van der Waals surface area contributed by atoms with Gasteiger partial charge < -0.3 is 19.6 Å². The predicted octanol–water partition coefficient (Wildman–Crippen LogP) is 2.94. The highest BCUT2D eigenvalue weighted by Crippen LogP contribution is 2.23. The summed E-state index contributed by atoms with van der Waals surface area (Å²) in [6, 6.07) is 9.57. The average molecular weight is 324 g/mol. The molecule has 0 saturated heterocycles. The highest BCUT2D eigenvalue weighted by Gasteiger charge is 2.32. The zero-order valence-electron chi connectivity index (χ0n) is 12.4. The molecule has 6 heteroatoms. The molecular weight excluding hydrogens is 306 g/mol. The first-order valence-electron chi connectivity index (χ1n) is 6.82. The van der Waals surface area contributed by atoms with Crippen LogP contribution in [0.25, 0.3) is 0 Å². The molecular formula is C16H18ClNO4. The first kappa shape index (κ1) is 16.4. The van der Waals surface area contributed by atoms with Gasteiger partial charge in [0.05, 0.1) is 12.9 Å². The quantitative estimate of drug-likeness (QED) is 0.857. The number of ether oxygens (including phenoxy) is 1. The van der Waals surface area contributed by atoms with Gasteiger partial charge in [-0.05, 0) is 44.2 Å². The second kappa shape index (κ2) is 6.85. The second-order valence-corrected chi connectivity index (χ2v) is 5.73. The molecule has 0 aliphatic heterocycles. The van der Waals surface area contributed by atoms with Crippen molar-refractivity contribution in [3.05, 3.63) is 53.4 Å². The number of halogens is 1. The number of amides is 1. The number of carbonyl (C=O) groups excluding carboxylic acids is 1. The fraction of sp³-hybridized carbons (Fsp3) is 0.312. The Bertz CT molecular complexity index is 625. The minimum atomic E-state index is -1.13. The normalized spacial score (nSPS) is 12.7. The molecule has 1 aromatic heterocycles. The lowest BCUT2D eigenvalue weighted by Gasteiger charge is -2.27. The minimum Gasteiger partial charge on any atom is -0.478 e. The maximum atomic E-state index is 12.4. The number of hydrogen-bond acceptors (Lipinski definition) is 4. The first-order chi connectivity index (χ1) is 10.4. The van der Waals surface area contributed by atoms with E-state index in [1.807, 2.05) is 0 Å². The van der Waals surface area contributed by atoms with E-state index < -0.39 is 11.6 Å². The highest BCUT2D eigenvalue weighted by atomic mass is 35.5. The fourth-order valence-corrected chi connectivity index (χ4v) is 2.08. The maximum Gasteiger partial charge on any atom is 0.264 e. The van der Waals surface area contributed by atoms with E-state index in [1.54, 1.807) is 50.2 Å². The first-order valence-corrected chi connectivity index (χ1v) is 7.20. The Balaban J connectivity index is 2.06. The molecule has 0 aliphatic carbocycles. The molecule has 0 bridgehead atoms. The molecule has 118 valence electrons. The zero-order chi connectivity index (χ0) is 16.2. The van der Waals surface area contributed by atoms with Crippen molar-refractivity contribution in [3.8, 4) is 5.75 Å². The second-order valence-electron chi connectivity index (χ2n) is 5.29. The van der Waals surface area contributed by atoms with Gasteiger partial charge in [-0.25, -0.2) is 0 Å². The summed E-state index contributed by atoms with van der Waals surface area (Å²) in [6.45, 7) is 3.01. The van der Waals surface area contributed by atoms with Crippen LogP contribution in [0.5, 0.6) is 5.75 Å². The third kappa shape index (κ3) is 4.02. The molecule has 0 saturated carbocycles. The molecule has 0 aliphatic rings. The van der Waals surface area contributed by atoms with Gasteiger partial charge in [-0.2, -0.15) is 0 Å². The number of rotatable bonds is 6. The smallest absolute Gasteiger partial charge is 0.264 e. The van der Waals surface area contributed by atoms with E-state index in [-0.39, 0.29) is 12.5 Å².